The molecule has 0 spiro atoms. The summed E-state index contributed by atoms with van der Waals surface area (Å²) in [6, 6.07) is 13.6. The van der Waals surface area contributed by atoms with Crippen LogP contribution in [0.2, 0.25) is 5.02 Å². The van der Waals surface area contributed by atoms with E-state index in [-0.39, 0.29) is 22.3 Å². The first-order chi connectivity index (χ1) is 13.8. The molecule has 0 bridgehead atoms. The Kier molecular flexibility index (Phi) is 8.58. The third-order valence-corrected chi connectivity index (χ3v) is 6.92. The second-order valence-electron chi connectivity index (χ2n) is 6.21. The van der Waals surface area contributed by atoms with Crippen LogP contribution < -0.4 is 10.6 Å². The molecular weight excluding hydrogens is 430 g/mol. The highest BCUT2D eigenvalue weighted by Crippen LogP contribution is 2.18. The fourth-order valence-electron chi connectivity index (χ4n) is 2.72. The summed E-state index contributed by atoms with van der Waals surface area (Å²) in [5.41, 5.74) is 1.48. The molecule has 2 N–H and O–H groups in total. The standard InChI is InChI=1S/C20H24ClN3O3S2/c1-3-24(4-2)29(26,27)17-12-10-16(11-13-17)22-20(28)23-19(25)14-9-15-7-5-6-8-18(15)21/h5-8,10-13H,3-4,9,14H2,1-2H3,(H2,22,23,25,28). The second-order valence-corrected chi connectivity index (χ2v) is 8.96. The molecule has 2 rings (SSSR count). The van der Waals surface area contributed by atoms with E-state index in [9.17, 15) is 13.2 Å². The van der Waals surface area contributed by atoms with Gasteiger partial charge in [-0.05, 0) is 54.5 Å². The molecule has 0 aliphatic rings. The van der Waals surface area contributed by atoms with Gasteiger partial charge in [0.1, 0.15) is 0 Å². The second kappa shape index (κ2) is 10.7. The number of sulfonamides is 1. The molecule has 9 heteroatoms. The largest absolute Gasteiger partial charge is 0.332 e. The number of thiocarbonyl (C=S) groups is 1. The van der Waals surface area contributed by atoms with E-state index in [4.69, 9.17) is 23.8 Å². The Morgan fingerprint density at radius 1 is 1.07 bits per heavy atom. The average molecular weight is 454 g/mol. The van der Waals surface area contributed by atoms with Gasteiger partial charge in [0.25, 0.3) is 0 Å². The van der Waals surface area contributed by atoms with E-state index in [1.807, 2.05) is 18.2 Å². The lowest BCUT2D eigenvalue weighted by Crippen LogP contribution is -2.34. The number of benzene rings is 2. The molecule has 6 nitrogen and oxygen atoms in total. The summed E-state index contributed by atoms with van der Waals surface area (Å²) < 4.78 is 26.4. The Morgan fingerprint density at radius 3 is 2.28 bits per heavy atom. The zero-order valence-electron chi connectivity index (χ0n) is 16.3. The molecule has 0 aromatic heterocycles. The molecule has 1 amide bonds. The van der Waals surface area contributed by atoms with Crippen molar-refractivity contribution in [2.45, 2.75) is 31.6 Å². The van der Waals surface area contributed by atoms with Crippen LogP contribution in [-0.2, 0) is 21.2 Å². The van der Waals surface area contributed by atoms with Gasteiger partial charge < -0.3 is 10.6 Å². The Labute approximate surface area is 182 Å². The van der Waals surface area contributed by atoms with Crippen LogP contribution in [0.4, 0.5) is 5.69 Å². The molecule has 0 fully saturated rings. The van der Waals surface area contributed by atoms with E-state index in [1.165, 1.54) is 16.4 Å². The topological polar surface area (TPSA) is 78.5 Å². The Hall–Kier alpha value is -2.00. The maximum Gasteiger partial charge on any atom is 0.243 e. The van der Waals surface area contributed by atoms with Gasteiger partial charge >= 0.3 is 0 Å². The van der Waals surface area contributed by atoms with E-state index in [0.717, 1.165) is 5.56 Å². The predicted molar refractivity (Wildman–Crippen MR) is 121 cm³/mol. The van der Waals surface area contributed by atoms with Crippen molar-refractivity contribution in [3.63, 3.8) is 0 Å². The Bertz CT molecular complexity index is 959. The predicted octanol–water partition coefficient (Wildman–Crippen LogP) is 3.82. The third kappa shape index (κ3) is 6.50. The van der Waals surface area contributed by atoms with Crippen molar-refractivity contribution in [2.75, 3.05) is 18.4 Å². The maximum absolute atomic E-state index is 12.5. The van der Waals surface area contributed by atoms with Crippen molar-refractivity contribution in [2.24, 2.45) is 0 Å². The summed E-state index contributed by atoms with van der Waals surface area (Å²) in [7, 11) is -3.51. The minimum atomic E-state index is -3.51. The number of nitrogens with zero attached hydrogens (tertiary/aromatic N) is 1. The van der Waals surface area contributed by atoms with E-state index >= 15 is 0 Å². The lowest BCUT2D eigenvalue weighted by Gasteiger charge is -2.18. The molecule has 0 unspecified atom stereocenters. The molecule has 2 aromatic rings. The lowest BCUT2D eigenvalue weighted by molar-refractivity contribution is -0.119. The van der Waals surface area contributed by atoms with Crippen LogP contribution in [0.15, 0.2) is 53.4 Å². The summed E-state index contributed by atoms with van der Waals surface area (Å²) >= 11 is 11.2. The number of hydrogen-bond acceptors (Lipinski definition) is 4. The maximum atomic E-state index is 12.5. The highest BCUT2D eigenvalue weighted by atomic mass is 35.5. The smallest absolute Gasteiger partial charge is 0.243 e. The molecule has 0 saturated carbocycles. The molecule has 156 valence electrons. The summed E-state index contributed by atoms with van der Waals surface area (Å²) in [6.45, 7) is 4.40. The van der Waals surface area contributed by atoms with Crippen molar-refractivity contribution in [1.82, 2.24) is 9.62 Å². The Morgan fingerprint density at radius 2 is 1.69 bits per heavy atom. The number of halogens is 1. The number of hydrogen-bond donors (Lipinski definition) is 2. The van der Waals surface area contributed by atoms with Gasteiger partial charge in [0.2, 0.25) is 15.9 Å². The number of anilines is 1. The fourth-order valence-corrected chi connectivity index (χ4v) is 4.64. The van der Waals surface area contributed by atoms with Gasteiger partial charge in [-0.15, -0.1) is 0 Å². The SMILES string of the molecule is CCN(CC)S(=O)(=O)c1ccc(NC(=S)NC(=O)CCc2ccccc2Cl)cc1. The van der Waals surface area contributed by atoms with Crippen molar-refractivity contribution in [3.8, 4) is 0 Å². The van der Waals surface area contributed by atoms with E-state index in [1.54, 1.807) is 32.0 Å². The summed E-state index contributed by atoms with van der Waals surface area (Å²) in [5.74, 6) is -0.233. The van der Waals surface area contributed by atoms with Crippen molar-refractivity contribution < 1.29 is 13.2 Å². The van der Waals surface area contributed by atoms with Gasteiger partial charge in [0.15, 0.2) is 5.11 Å². The molecule has 0 aliphatic heterocycles. The van der Waals surface area contributed by atoms with Gasteiger partial charge in [0.05, 0.1) is 4.90 Å². The highest BCUT2D eigenvalue weighted by Gasteiger charge is 2.21. The van der Waals surface area contributed by atoms with E-state index in [2.05, 4.69) is 10.6 Å². The first kappa shape index (κ1) is 23.3. The van der Waals surface area contributed by atoms with Crippen LogP contribution in [0, 0.1) is 0 Å². The van der Waals surface area contributed by atoms with Crippen molar-refractivity contribution in [3.05, 3.63) is 59.1 Å². The summed E-state index contributed by atoms with van der Waals surface area (Å²) in [5, 5.41) is 6.27. The zero-order chi connectivity index (χ0) is 21.4. The molecule has 29 heavy (non-hydrogen) atoms. The number of carbonyl (C=O) groups excluding carboxylic acids is 1. The van der Waals surface area contributed by atoms with Crippen LogP contribution >= 0.6 is 23.8 Å². The van der Waals surface area contributed by atoms with E-state index in [0.29, 0.717) is 30.2 Å². The van der Waals surface area contributed by atoms with Gasteiger partial charge in [-0.1, -0.05) is 43.6 Å². The Balaban J connectivity index is 1.90. The molecule has 0 saturated heterocycles. The number of rotatable bonds is 8. The van der Waals surface area contributed by atoms with Crippen LogP contribution in [0.5, 0.6) is 0 Å². The van der Waals surface area contributed by atoms with Crippen LogP contribution in [-0.4, -0.2) is 36.8 Å². The molecule has 0 atom stereocenters. The highest BCUT2D eigenvalue weighted by molar-refractivity contribution is 7.89. The molecule has 0 aliphatic carbocycles. The zero-order valence-corrected chi connectivity index (χ0v) is 18.7. The molecule has 0 radical (unpaired) electrons. The minimum Gasteiger partial charge on any atom is -0.332 e. The molecular formula is C20H24ClN3O3S2. The first-order valence-corrected chi connectivity index (χ1v) is 11.4. The van der Waals surface area contributed by atoms with Gasteiger partial charge in [0, 0.05) is 30.2 Å². The average Bonchev–Trinajstić information content (AvgIpc) is 2.68. The molecule has 0 heterocycles. The van der Waals surface area contributed by atoms with Gasteiger partial charge in [-0.2, -0.15) is 4.31 Å². The number of amides is 1. The summed E-state index contributed by atoms with van der Waals surface area (Å²) in [6.07, 6.45) is 0.749. The van der Waals surface area contributed by atoms with Crippen LogP contribution in [0.3, 0.4) is 0 Å². The third-order valence-electron chi connectivity index (χ3n) is 4.29. The van der Waals surface area contributed by atoms with Crippen molar-refractivity contribution in [1.29, 1.82) is 0 Å². The monoisotopic (exact) mass is 453 g/mol. The normalized spacial score (nSPS) is 11.3. The first-order valence-electron chi connectivity index (χ1n) is 9.22. The minimum absolute atomic E-state index is 0.147. The summed E-state index contributed by atoms with van der Waals surface area (Å²) in [4.78, 5) is 12.3. The van der Waals surface area contributed by atoms with Gasteiger partial charge in [-0.25, -0.2) is 8.42 Å². The number of aryl methyl sites for hydroxylation is 1. The number of carbonyl (C=O) groups is 1. The van der Waals surface area contributed by atoms with Gasteiger partial charge in [-0.3, -0.25) is 4.79 Å². The van der Waals surface area contributed by atoms with Crippen LogP contribution in [0.25, 0.3) is 0 Å². The quantitative estimate of drug-likeness (QED) is 0.594. The fraction of sp³-hybridized carbons (Fsp3) is 0.300. The van der Waals surface area contributed by atoms with E-state index < -0.39 is 10.0 Å². The number of nitrogens with one attached hydrogen (secondary N) is 2. The lowest BCUT2D eigenvalue weighted by atomic mass is 10.1. The van der Waals surface area contributed by atoms with Crippen LogP contribution in [0.1, 0.15) is 25.8 Å². The molecule has 2 aromatic carbocycles. The van der Waals surface area contributed by atoms with Crippen molar-refractivity contribution >= 4 is 50.5 Å².